The van der Waals surface area contributed by atoms with E-state index < -0.39 is 9.84 Å². The molecule has 0 aliphatic carbocycles. The van der Waals surface area contributed by atoms with E-state index in [0.717, 1.165) is 0 Å². The molecule has 1 aromatic rings. The van der Waals surface area contributed by atoms with E-state index in [1.54, 1.807) is 4.57 Å². The zero-order chi connectivity index (χ0) is 13.8. The first-order valence-electron chi connectivity index (χ1n) is 5.91. The van der Waals surface area contributed by atoms with Crippen molar-refractivity contribution in [2.45, 2.75) is 38.4 Å². The molecule has 6 nitrogen and oxygen atoms in total. The molecule has 8 heteroatoms. The van der Waals surface area contributed by atoms with Crippen molar-refractivity contribution in [2.24, 2.45) is 0 Å². The summed E-state index contributed by atoms with van der Waals surface area (Å²) in [5.74, 6) is 1.25. The van der Waals surface area contributed by atoms with Crippen molar-refractivity contribution in [3.63, 3.8) is 0 Å². The molecule has 1 aromatic heterocycles. The molecule has 2 N–H and O–H groups in total. The summed E-state index contributed by atoms with van der Waals surface area (Å²) in [7, 11) is -2.94. The van der Waals surface area contributed by atoms with Crippen LogP contribution < -0.4 is 5.73 Å². The summed E-state index contributed by atoms with van der Waals surface area (Å²) >= 11 is 1.38. The molecule has 0 amide bonds. The summed E-state index contributed by atoms with van der Waals surface area (Å²) in [6.07, 6.45) is 0.655. The summed E-state index contributed by atoms with van der Waals surface area (Å²) in [6, 6.07) is 0.162. The number of hydrogen-bond acceptors (Lipinski definition) is 6. The Hall–Kier alpha value is -0.760. The van der Waals surface area contributed by atoms with Crippen LogP contribution in [-0.4, -0.2) is 40.4 Å². The maximum absolute atomic E-state index is 11.6. The lowest BCUT2D eigenvalue weighted by Gasteiger charge is -2.11. The smallest absolute Gasteiger partial charge is 0.222 e. The Balaban J connectivity index is 2.60. The first kappa shape index (κ1) is 15.3. The van der Waals surface area contributed by atoms with Gasteiger partial charge in [0.15, 0.2) is 15.0 Å². The Bertz CT molecular complexity index is 482. The topological polar surface area (TPSA) is 90.9 Å². The Morgan fingerprint density at radius 2 is 2.00 bits per heavy atom. The minimum Gasteiger partial charge on any atom is -0.368 e. The summed E-state index contributed by atoms with van der Waals surface area (Å²) in [4.78, 5) is 0. The molecule has 0 aliphatic heterocycles. The van der Waals surface area contributed by atoms with E-state index in [4.69, 9.17) is 5.73 Å². The highest BCUT2D eigenvalue weighted by atomic mass is 32.2. The molecule has 1 rings (SSSR count). The largest absolute Gasteiger partial charge is 0.368 e. The number of sulfone groups is 1. The molecule has 0 unspecified atom stereocenters. The minimum atomic E-state index is -2.94. The van der Waals surface area contributed by atoms with Crippen molar-refractivity contribution < 1.29 is 8.42 Å². The van der Waals surface area contributed by atoms with E-state index in [0.29, 0.717) is 23.3 Å². The standard InChI is InChI=1S/C10H20N4O2S2/c1-4-6-18(15,16)7-5-17-10-13-12-9(11)14(10)8(2)3/h8H,4-7H2,1-3H3,(H2,11,12). The normalized spacial score (nSPS) is 12.2. The van der Waals surface area contributed by atoms with Crippen molar-refractivity contribution in [3.8, 4) is 0 Å². The van der Waals surface area contributed by atoms with Gasteiger partial charge in [0.05, 0.1) is 5.75 Å². The molecule has 0 spiro atoms. The number of rotatable bonds is 7. The van der Waals surface area contributed by atoms with Gasteiger partial charge in [0.25, 0.3) is 0 Å². The molecule has 18 heavy (non-hydrogen) atoms. The fourth-order valence-corrected chi connectivity index (χ4v) is 4.44. The van der Waals surface area contributed by atoms with Crippen molar-refractivity contribution >= 4 is 27.5 Å². The first-order valence-corrected chi connectivity index (χ1v) is 8.71. The van der Waals surface area contributed by atoms with Gasteiger partial charge in [-0.1, -0.05) is 18.7 Å². The molecule has 104 valence electrons. The van der Waals surface area contributed by atoms with Gasteiger partial charge in [0, 0.05) is 17.5 Å². The predicted molar refractivity (Wildman–Crippen MR) is 74.5 cm³/mol. The molecule has 0 saturated carbocycles. The third kappa shape index (κ3) is 4.16. The number of nitrogen functional groups attached to an aromatic ring is 1. The average molecular weight is 292 g/mol. The van der Waals surface area contributed by atoms with Crippen LogP contribution in [-0.2, 0) is 9.84 Å². The van der Waals surface area contributed by atoms with Crippen LogP contribution in [0.2, 0.25) is 0 Å². The van der Waals surface area contributed by atoms with Crippen LogP contribution in [0, 0.1) is 0 Å². The Labute approximate surface area is 112 Å². The van der Waals surface area contributed by atoms with E-state index in [1.165, 1.54) is 11.8 Å². The van der Waals surface area contributed by atoms with Crippen molar-refractivity contribution in [2.75, 3.05) is 23.0 Å². The molecule has 0 aliphatic rings. The summed E-state index contributed by atoms with van der Waals surface area (Å²) < 4.78 is 24.9. The predicted octanol–water partition coefficient (Wildman–Crippen LogP) is 1.36. The maximum Gasteiger partial charge on any atom is 0.222 e. The van der Waals surface area contributed by atoms with Crippen molar-refractivity contribution in [3.05, 3.63) is 0 Å². The van der Waals surface area contributed by atoms with Crippen LogP contribution in [0.15, 0.2) is 5.16 Å². The van der Waals surface area contributed by atoms with Gasteiger partial charge < -0.3 is 5.73 Å². The van der Waals surface area contributed by atoms with Crippen LogP contribution in [0.4, 0.5) is 5.95 Å². The lowest BCUT2D eigenvalue weighted by molar-refractivity contribution is 0.557. The summed E-state index contributed by atoms with van der Waals surface area (Å²) in [5.41, 5.74) is 5.71. The SMILES string of the molecule is CCCS(=O)(=O)CCSc1nnc(N)n1C(C)C. The van der Waals surface area contributed by atoms with E-state index in [-0.39, 0.29) is 17.5 Å². The van der Waals surface area contributed by atoms with Crippen LogP contribution in [0.3, 0.4) is 0 Å². The lowest BCUT2D eigenvalue weighted by Crippen LogP contribution is -2.13. The molecule has 0 radical (unpaired) electrons. The highest BCUT2D eigenvalue weighted by molar-refractivity contribution is 8.00. The van der Waals surface area contributed by atoms with Gasteiger partial charge >= 0.3 is 0 Å². The van der Waals surface area contributed by atoms with Crippen LogP contribution in [0.5, 0.6) is 0 Å². The quantitative estimate of drug-likeness (QED) is 0.763. The second-order valence-corrected chi connectivity index (χ2v) is 7.67. The molecule has 0 fully saturated rings. The molecule has 1 heterocycles. The third-order valence-electron chi connectivity index (χ3n) is 2.35. The second-order valence-electron chi connectivity index (χ2n) is 4.30. The fourth-order valence-electron chi connectivity index (χ4n) is 1.55. The van der Waals surface area contributed by atoms with Crippen molar-refractivity contribution in [1.82, 2.24) is 14.8 Å². The van der Waals surface area contributed by atoms with Gasteiger partial charge in [-0.25, -0.2) is 8.42 Å². The number of anilines is 1. The average Bonchev–Trinajstić information content (AvgIpc) is 2.59. The van der Waals surface area contributed by atoms with Gasteiger partial charge in [-0.2, -0.15) is 0 Å². The van der Waals surface area contributed by atoms with Crippen molar-refractivity contribution in [1.29, 1.82) is 0 Å². The first-order chi connectivity index (χ1) is 8.37. The molecule has 0 bridgehead atoms. The second kappa shape index (κ2) is 6.42. The number of thioether (sulfide) groups is 1. The Morgan fingerprint density at radius 3 is 2.56 bits per heavy atom. The molecule has 0 saturated heterocycles. The third-order valence-corrected chi connectivity index (χ3v) is 5.41. The monoisotopic (exact) mass is 292 g/mol. The Kier molecular flexibility index (Phi) is 5.46. The summed E-state index contributed by atoms with van der Waals surface area (Å²) in [5, 5.41) is 8.44. The zero-order valence-electron chi connectivity index (χ0n) is 11.0. The number of aromatic nitrogens is 3. The lowest BCUT2D eigenvalue weighted by atomic mass is 10.4. The maximum atomic E-state index is 11.6. The van der Waals surface area contributed by atoms with Gasteiger partial charge in [-0.05, 0) is 20.3 Å². The summed E-state index contributed by atoms with van der Waals surface area (Å²) in [6.45, 7) is 5.83. The van der Waals surface area contributed by atoms with Gasteiger partial charge in [-0.15, -0.1) is 10.2 Å². The van der Waals surface area contributed by atoms with E-state index in [9.17, 15) is 8.42 Å². The van der Waals surface area contributed by atoms with E-state index in [2.05, 4.69) is 10.2 Å². The number of nitrogens with zero attached hydrogens (tertiary/aromatic N) is 3. The van der Waals surface area contributed by atoms with E-state index >= 15 is 0 Å². The van der Waals surface area contributed by atoms with Crippen LogP contribution >= 0.6 is 11.8 Å². The fraction of sp³-hybridized carbons (Fsp3) is 0.800. The molecule has 0 atom stereocenters. The van der Waals surface area contributed by atoms with Gasteiger partial charge in [-0.3, -0.25) is 4.57 Å². The molecular weight excluding hydrogens is 272 g/mol. The van der Waals surface area contributed by atoms with Crippen LogP contribution in [0.1, 0.15) is 33.2 Å². The van der Waals surface area contributed by atoms with Crippen LogP contribution in [0.25, 0.3) is 0 Å². The van der Waals surface area contributed by atoms with Gasteiger partial charge in [0.1, 0.15) is 0 Å². The zero-order valence-corrected chi connectivity index (χ0v) is 12.6. The highest BCUT2D eigenvalue weighted by Crippen LogP contribution is 2.22. The minimum absolute atomic E-state index is 0.162. The Morgan fingerprint density at radius 1 is 1.33 bits per heavy atom. The highest BCUT2D eigenvalue weighted by Gasteiger charge is 2.15. The molecule has 0 aromatic carbocycles. The number of nitrogens with two attached hydrogens (primary N) is 1. The molecular formula is C10H20N4O2S2. The number of hydrogen-bond donors (Lipinski definition) is 1. The van der Waals surface area contributed by atoms with Gasteiger partial charge in [0.2, 0.25) is 5.95 Å². The van der Waals surface area contributed by atoms with E-state index in [1.807, 2.05) is 20.8 Å².